The number of nitrogens with one attached hydrogen (secondary N) is 1. The average Bonchev–Trinajstić information content (AvgIpc) is 2.96. The van der Waals surface area contributed by atoms with Crippen LogP contribution in [0.15, 0.2) is 0 Å². The Morgan fingerprint density at radius 2 is 1.93 bits per heavy atom. The van der Waals surface area contributed by atoms with Crippen molar-refractivity contribution in [2.45, 2.75) is 71.9 Å². The monoisotopic (exact) mass is 399 g/mol. The molecule has 1 N–H and O–H groups in total. The number of carbonyl (C=O) groups is 4. The van der Waals surface area contributed by atoms with Gasteiger partial charge in [0.05, 0.1) is 18.6 Å². The standard InChI is InChI=1S/C20H33NO7/c1-6-8-13(2)16(23)15(4)17-20(5,28-19(25)21-17)11-27-18(24)14(3)9-7-10-26-12-22/h12-15,17H,6-11H2,1-5H3,(H,21,25)/t13-,14?,15?,17?,20-/m1/s1. The van der Waals surface area contributed by atoms with Gasteiger partial charge >= 0.3 is 12.1 Å². The van der Waals surface area contributed by atoms with Crippen molar-refractivity contribution in [2.75, 3.05) is 13.2 Å². The van der Waals surface area contributed by atoms with Crippen LogP contribution in [0.2, 0.25) is 0 Å². The Morgan fingerprint density at radius 3 is 2.54 bits per heavy atom. The van der Waals surface area contributed by atoms with Crippen molar-refractivity contribution in [3.63, 3.8) is 0 Å². The van der Waals surface area contributed by atoms with Crippen molar-refractivity contribution in [3.8, 4) is 0 Å². The van der Waals surface area contributed by atoms with Crippen molar-refractivity contribution in [2.24, 2.45) is 17.8 Å². The molecule has 1 fully saturated rings. The minimum atomic E-state index is -1.12. The molecule has 8 nitrogen and oxygen atoms in total. The van der Waals surface area contributed by atoms with E-state index in [1.165, 1.54) is 0 Å². The van der Waals surface area contributed by atoms with E-state index in [1.54, 1.807) is 20.8 Å². The molecule has 0 spiro atoms. The van der Waals surface area contributed by atoms with Gasteiger partial charge in [-0.25, -0.2) is 4.79 Å². The predicted molar refractivity (Wildman–Crippen MR) is 101 cm³/mol. The lowest BCUT2D eigenvalue weighted by atomic mass is 9.81. The van der Waals surface area contributed by atoms with Crippen molar-refractivity contribution in [1.29, 1.82) is 0 Å². The van der Waals surface area contributed by atoms with Gasteiger partial charge in [0.25, 0.3) is 6.47 Å². The fourth-order valence-electron chi connectivity index (χ4n) is 3.54. The van der Waals surface area contributed by atoms with E-state index in [4.69, 9.17) is 9.47 Å². The Balaban J connectivity index is 2.67. The molecule has 1 amide bonds. The van der Waals surface area contributed by atoms with Crippen molar-refractivity contribution < 1.29 is 33.4 Å². The maximum Gasteiger partial charge on any atom is 0.408 e. The van der Waals surface area contributed by atoms with Crippen LogP contribution in [0.25, 0.3) is 0 Å². The molecular formula is C20H33NO7. The van der Waals surface area contributed by atoms with E-state index in [-0.39, 0.29) is 30.8 Å². The minimum absolute atomic E-state index is 0.0544. The summed E-state index contributed by atoms with van der Waals surface area (Å²) in [5, 5.41) is 2.70. The molecule has 1 saturated heterocycles. The number of amides is 1. The number of alkyl carbamates (subject to hydrolysis) is 1. The van der Waals surface area contributed by atoms with Crippen LogP contribution in [0, 0.1) is 17.8 Å². The van der Waals surface area contributed by atoms with Crippen LogP contribution < -0.4 is 5.32 Å². The summed E-state index contributed by atoms with van der Waals surface area (Å²) in [5.41, 5.74) is -1.12. The van der Waals surface area contributed by atoms with E-state index >= 15 is 0 Å². The fraction of sp³-hybridized carbons (Fsp3) is 0.800. The molecule has 1 rings (SSSR count). The summed E-state index contributed by atoms with van der Waals surface area (Å²) in [5.74, 6) is -1.33. The lowest BCUT2D eigenvalue weighted by molar-refractivity contribution is -0.155. The van der Waals surface area contributed by atoms with E-state index in [1.807, 2.05) is 13.8 Å². The number of ketones is 1. The third kappa shape index (κ3) is 6.49. The van der Waals surface area contributed by atoms with Gasteiger partial charge in [-0.2, -0.15) is 0 Å². The molecule has 0 aromatic carbocycles. The number of cyclic esters (lactones) is 1. The first kappa shape index (κ1) is 23.9. The van der Waals surface area contributed by atoms with Gasteiger partial charge in [0.15, 0.2) is 5.60 Å². The summed E-state index contributed by atoms with van der Waals surface area (Å²) >= 11 is 0. The fourth-order valence-corrected chi connectivity index (χ4v) is 3.54. The van der Waals surface area contributed by atoms with Crippen LogP contribution in [0.3, 0.4) is 0 Å². The van der Waals surface area contributed by atoms with Gasteiger partial charge in [0.2, 0.25) is 0 Å². The van der Waals surface area contributed by atoms with Crippen LogP contribution in [0.4, 0.5) is 4.79 Å². The van der Waals surface area contributed by atoms with Gasteiger partial charge in [-0.3, -0.25) is 14.4 Å². The van der Waals surface area contributed by atoms with E-state index in [0.29, 0.717) is 19.3 Å². The Morgan fingerprint density at radius 1 is 1.25 bits per heavy atom. The van der Waals surface area contributed by atoms with Gasteiger partial charge in [0.1, 0.15) is 12.4 Å². The quantitative estimate of drug-likeness (QED) is 0.219. The number of ether oxygens (including phenoxy) is 3. The van der Waals surface area contributed by atoms with E-state index in [0.717, 1.165) is 12.8 Å². The van der Waals surface area contributed by atoms with E-state index < -0.39 is 29.6 Å². The molecule has 0 aliphatic carbocycles. The Kier molecular flexibility index (Phi) is 9.41. The lowest BCUT2D eigenvalue weighted by Gasteiger charge is -2.32. The SMILES string of the molecule is CCC[C@@H](C)C(=O)C(C)C1NC(=O)O[C@]1(C)COC(=O)C(C)CCCOC=O. The second-order valence-electron chi connectivity index (χ2n) is 7.82. The molecule has 3 unspecified atom stereocenters. The molecule has 0 aromatic rings. The number of esters is 1. The first-order chi connectivity index (χ1) is 13.2. The topological polar surface area (TPSA) is 108 Å². The number of hydrogen-bond acceptors (Lipinski definition) is 7. The third-order valence-corrected chi connectivity index (χ3v) is 5.28. The van der Waals surface area contributed by atoms with Gasteiger partial charge in [0, 0.05) is 11.8 Å². The summed E-state index contributed by atoms with van der Waals surface area (Å²) in [6.45, 7) is 9.54. The molecule has 0 bridgehead atoms. The zero-order chi connectivity index (χ0) is 21.3. The Hall–Kier alpha value is -2.12. The van der Waals surface area contributed by atoms with Gasteiger partial charge in [-0.15, -0.1) is 0 Å². The molecule has 0 aromatic heterocycles. The van der Waals surface area contributed by atoms with Gasteiger partial charge < -0.3 is 19.5 Å². The van der Waals surface area contributed by atoms with Crippen LogP contribution in [0.1, 0.15) is 60.3 Å². The summed E-state index contributed by atoms with van der Waals surface area (Å²) in [7, 11) is 0. The largest absolute Gasteiger partial charge is 0.468 e. The molecule has 0 radical (unpaired) electrons. The van der Waals surface area contributed by atoms with Gasteiger partial charge in [-0.05, 0) is 26.2 Å². The highest BCUT2D eigenvalue weighted by Gasteiger charge is 2.51. The number of rotatable bonds is 13. The predicted octanol–water partition coefficient (Wildman–Crippen LogP) is 2.63. The average molecular weight is 399 g/mol. The van der Waals surface area contributed by atoms with Crippen LogP contribution in [0.5, 0.6) is 0 Å². The molecule has 8 heteroatoms. The van der Waals surface area contributed by atoms with Gasteiger partial charge in [-0.1, -0.05) is 34.1 Å². The van der Waals surface area contributed by atoms with Crippen molar-refractivity contribution in [1.82, 2.24) is 5.32 Å². The highest BCUT2D eigenvalue weighted by molar-refractivity contribution is 5.85. The number of carbonyl (C=O) groups excluding carboxylic acids is 4. The second-order valence-corrected chi connectivity index (χ2v) is 7.82. The Bertz CT molecular complexity index is 565. The van der Waals surface area contributed by atoms with Crippen LogP contribution in [-0.4, -0.2) is 49.2 Å². The summed E-state index contributed by atoms with van der Waals surface area (Å²) < 4.78 is 15.4. The molecule has 0 saturated carbocycles. The third-order valence-electron chi connectivity index (χ3n) is 5.28. The summed E-state index contributed by atoms with van der Waals surface area (Å²) in [6, 6.07) is -0.573. The summed E-state index contributed by atoms with van der Waals surface area (Å²) in [4.78, 5) is 46.9. The first-order valence-electron chi connectivity index (χ1n) is 9.91. The summed E-state index contributed by atoms with van der Waals surface area (Å²) in [6.07, 6.45) is 2.12. The highest BCUT2D eigenvalue weighted by Crippen LogP contribution is 2.30. The minimum Gasteiger partial charge on any atom is -0.468 e. The smallest absolute Gasteiger partial charge is 0.408 e. The normalized spacial score (nSPS) is 24.5. The molecule has 28 heavy (non-hydrogen) atoms. The second kappa shape index (κ2) is 11.0. The molecule has 1 aliphatic heterocycles. The lowest BCUT2D eigenvalue weighted by Crippen LogP contribution is -2.52. The zero-order valence-corrected chi connectivity index (χ0v) is 17.5. The number of Topliss-reactive ketones (excluding diaryl/α,β-unsaturated/α-hetero) is 1. The van der Waals surface area contributed by atoms with Crippen molar-refractivity contribution >= 4 is 24.3 Å². The number of hydrogen-bond donors (Lipinski definition) is 1. The molecule has 160 valence electrons. The highest BCUT2D eigenvalue weighted by atomic mass is 16.6. The molecule has 1 aliphatic rings. The van der Waals surface area contributed by atoms with Crippen LogP contribution in [-0.2, 0) is 28.6 Å². The maximum absolute atomic E-state index is 12.7. The molecule has 5 atom stereocenters. The zero-order valence-electron chi connectivity index (χ0n) is 17.5. The molecular weight excluding hydrogens is 366 g/mol. The first-order valence-corrected chi connectivity index (χ1v) is 9.91. The maximum atomic E-state index is 12.7. The van der Waals surface area contributed by atoms with E-state index in [9.17, 15) is 19.2 Å². The Labute approximate surface area is 166 Å². The van der Waals surface area contributed by atoms with Crippen LogP contribution >= 0.6 is 0 Å². The van der Waals surface area contributed by atoms with Crippen molar-refractivity contribution in [3.05, 3.63) is 0 Å². The van der Waals surface area contributed by atoms with E-state index in [2.05, 4.69) is 10.1 Å². The molecule has 1 heterocycles.